The molecule has 3 aromatic rings. The van der Waals surface area contributed by atoms with Crippen LogP contribution in [0, 0.1) is 0 Å². The Kier molecular flexibility index (Phi) is 8.57. The lowest BCUT2D eigenvalue weighted by molar-refractivity contribution is -0.140. The Hall–Kier alpha value is -3.09. The summed E-state index contributed by atoms with van der Waals surface area (Å²) in [5.41, 5.74) is -2.18. The molecule has 1 atom stereocenters. The van der Waals surface area contributed by atoms with Crippen molar-refractivity contribution in [2.75, 3.05) is 20.3 Å². The Morgan fingerprint density at radius 1 is 1.21 bits per heavy atom. The number of aromatic nitrogens is 1. The molecule has 2 heterocycles. The summed E-state index contributed by atoms with van der Waals surface area (Å²) in [6.07, 6.45) is -3.51. The molecule has 0 aliphatic carbocycles. The van der Waals surface area contributed by atoms with E-state index in [9.17, 15) is 22.8 Å². The van der Waals surface area contributed by atoms with Crippen LogP contribution in [-0.2, 0) is 9.53 Å². The number of esters is 1. The summed E-state index contributed by atoms with van der Waals surface area (Å²) in [6.45, 7) is 3.38. The highest BCUT2D eigenvalue weighted by Gasteiger charge is 2.45. The van der Waals surface area contributed by atoms with Gasteiger partial charge < -0.3 is 14.2 Å². The first kappa shape index (κ1) is 28.9. The zero-order valence-electron chi connectivity index (χ0n) is 20.8. The lowest BCUT2D eigenvalue weighted by atomic mass is 9.95. The van der Waals surface area contributed by atoms with Gasteiger partial charge in [-0.25, -0.2) is 9.79 Å². The largest absolute Gasteiger partial charge is 0.493 e. The number of alkyl halides is 3. The molecule has 4 rings (SSSR count). The lowest BCUT2D eigenvalue weighted by Gasteiger charge is -2.26. The Morgan fingerprint density at radius 2 is 1.90 bits per heavy atom. The molecule has 206 valence electrons. The van der Waals surface area contributed by atoms with Gasteiger partial charge in [-0.1, -0.05) is 51.0 Å². The second-order valence-electron chi connectivity index (χ2n) is 8.07. The average molecular weight is 646 g/mol. The number of hydrogen-bond donors (Lipinski definition) is 0. The number of carbonyl (C=O) groups is 1. The summed E-state index contributed by atoms with van der Waals surface area (Å²) in [4.78, 5) is 30.2. The van der Waals surface area contributed by atoms with Crippen molar-refractivity contribution in [2.45, 2.75) is 26.1 Å². The number of carbonyl (C=O) groups excluding carboxylic acids is 1. The molecule has 1 aliphatic rings. The maximum Gasteiger partial charge on any atom is 0.434 e. The molecule has 0 unspecified atom stereocenters. The third-order valence-electron chi connectivity index (χ3n) is 5.62. The predicted molar refractivity (Wildman–Crippen MR) is 144 cm³/mol. The Balaban J connectivity index is 2.06. The number of benzene rings is 2. The highest BCUT2D eigenvalue weighted by molar-refractivity contribution is 9.10. The lowest BCUT2D eigenvalue weighted by Crippen LogP contribution is -2.41. The van der Waals surface area contributed by atoms with E-state index in [0.717, 1.165) is 15.9 Å². The summed E-state index contributed by atoms with van der Waals surface area (Å²) in [7, 11) is 1.46. The van der Waals surface area contributed by atoms with Crippen LogP contribution in [0.5, 0.6) is 11.5 Å². The van der Waals surface area contributed by atoms with Crippen molar-refractivity contribution in [1.82, 2.24) is 4.57 Å². The minimum atomic E-state index is -5.00. The van der Waals surface area contributed by atoms with Crippen molar-refractivity contribution in [2.24, 2.45) is 4.99 Å². The molecule has 39 heavy (non-hydrogen) atoms. The predicted octanol–water partition coefficient (Wildman–Crippen LogP) is 5.16. The van der Waals surface area contributed by atoms with E-state index in [1.807, 2.05) is 0 Å². The van der Waals surface area contributed by atoms with Crippen LogP contribution in [0.1, 0.15) is 31.0 Å². The molecule has 7 nitrogen and oxygen atoms in total. The van der Waals surface area contributed by atoms with Gasteiger partial charge in [0.2, 0.25) is 0 Å². The van der Waals surface area contributed by atoms with E-state index < -0.39 is 35.0 Å². The highest BCUT2D eigenvalue weighted by Crippen LogP contribution is 2.39. The highest BCUT2D eigenvalue weighted by atomic mass is 79.9. The van der Waals surface area contributed by atoms with Gasteiger partial charge in [-0.2, -0.15) is 13.2 Å². The molecule has 13 heteroatoms. The second-order valence-corrected chi connectivity index (χ2v) is 10.4. The molecular formula is C26H21BrClF3N2O5S. The fourth-order valence-electron chi connectivity index (χ4n) is 4.09. The minimum absolute atomic E-state index is 0.0699. The molecule has 0 amide bonds. The van der Waals surface area contributed by atoms with Crippen LogP contribution in [0.25, 0.3) is 6.08 Å². The molecule has 0 radical (unpaired) electrons. The summed E-state index contributed by atoms with van der Waals surface area (Å²) in [5, 5.41) is 0.330. The Morgan fingerprint density at radius 3 is 2.49 bits per heavy atom. The number of halogens is 5. The molecule has 0 saturated heterocycles. The summed E-state index contributed by atoms with van der Waals surface area (Å²) < 4.78 is 60.6. The van der Waals surface area contributed by atoms with Crippen molar-refractivity contribution in [3.63, 3.8) is 0 Å². The van der Waals surface area contributed by atoms with Gasteiger partial charge in [0.25, 0.3) is 5.56 Å². The number of ether oxygens (including phenoxy) is 3. The smallest absolute Gasteiger partial charge is 0.434 e. The molecule has 0 spiro atoms. The average Bonchev–Trinajstić information content (AvgIpc) is 3.19. The van der Waals surface area contributed by atoms with E-state index in [1.165, 1.54) is 44.4 Å². The topological polar surface area (TPSA) is 79.1 Å². The van der Waals surface area contributed by atoms with E-state index in [0.29, 0.717) is 33.2 Å². The Bertz CT molecular complexity index is 1630. The van der Waals surface area contributed by atoms with Gasteiger partial charge in [0, 0.05) is 15.1 Å². The molecule has 0 saturated carbocycles. The number of thiazole rings is 1. The first-order valence-corrected chi connectivity index (χ1v) is 13.5. The summed E-state index contributed by atoms with van der Waals surface area (Å²) >= 11 is 10.2. The van der Waals surface area contributed by atoms with Crippen LogP contribution >= 0.6 is 38.9 Å². The van der Waals surface area contributed by atoms with Crippen LogP contribution in [0.15, 0.2) is 61.9 Å². The molecule has 0 bridgehead atoms. The van der Waals surface area contributed by atoms with Crippen LogP contribution < -0.4 is 24.4 Å². The normalized spacial score (nSPS) is 15.6. The standard InChI is InChI=1S/C26H21BrClF3N2O5S/c1-4-37-21-14(10-15(27)12-17(21)36-3)11-18-23(34)33-20(13-6-8-16(28)9-7-13)19(24(35)38-5-2)22(26(29,30)31)32-25(33)39-18/h6-12,20H,4-5H2,1-3H3/b18-11-/t20-/m1/s1. The van der Waals surface area contributed by atoms with Gasteiger partial charge in [-0.05, 0) is 49.8 Å². The summed E-state index contributed by atoms with van der Waals surface area (Å²) in [6, 6.07) is 7.75. The molecule has 1 aromatic heterocycles. The number of fused-ring (bicyclic) bond motifs is 1. The number of methoxy groups -OCH3 is 1. The molecule has 1 aliphatic heterocycles. The first-order chi connectivity index (χ1) is 18.5. The third kappa shape index (κ3) is 5.78. The number of nitrogens with zero attached hydrogens (tertiary/aromatic N) is 2. The maximum atomic E-state index is 14.3. The second kappa shape index (κ2) is 11.6. The van der Waals surface area contributed by atoms with Crippen LogP contribution in [0.4, 0.5) is 13.2 Å². The number of allylic oxidation sites excluding steroid dienone is 1. The minimum Gasteiger partial charge on any atom is -0.493 e. The quantitative estimate of drug-likeness (QED) is 0.332. The van der Waals surface area contributed by atoms with Crippen molar-refractivity contribution >= 4 is 50.9 Å². The fraction of sp³-hybridized carbons (Fsp3) is 0.269. The van der Waals surface area contributed by atoms with E-state index in [1.54, 1.807) is 19.1 Å². The van der Waals surface area contributed by atoms with Crippen LogP contribution in [0.2, 0.25) is 5.02 Å². The van der Waals surface area contributed by atoms with E-state index >= 15 is 0 Å². The number of hydrogen-bond acceptors (Lipinski definition) is 7. The van der Waals surface area contributed by atoms with E-state index in [-0.39, 0.29) is 21.5 Å². The first-order valence-electron chi connectivity index (χ1n) is 11.6. The van der Waals surface area contributed by atoms with Crippen molar-refractivity contribution < 1.29 is 32.2 Å². The number of rotatable bonds is 7. The third-order valence-corrected chi connectivity index (χ3v) is 7.32. The fourth-order valence-corrected chi connectivity index (χ4v) is 5.66. The molecule has 2 aromatic carbocycles. The zero-order chi connectivity index (χ0) is 28.5. The van der Waals surface area contributed by atoms with Gasteiger partial charge in [0.05, 0.1) is 36.5 Å². The van der Waals surface area contributed by atoms with E-state index in [4.69, 9.17) is 25.8 Å². The zero-order valence-corrected chi connectivity index (χ0v) is 23.9. The van der Waals surface area contributed by atoms with Crippen molar-refractivity contribution in [3.8, 4) is 11.5 Å². The van der Waals surface area contributed by atoms with E-state index in [2.05, 4.69) is 20.9 Å². The monoisotopic (exact) mass is 644 g/mol. The van der Waals surface area contributed by atoms with Crippen molar-refractivity contribution in [3.05, 3.63) is 88.0 Å². The molecule has 0 N–H and O–H groups in total. The SMILES string of the molecule is CCOC(=O)C1=C(C(F)(F)F)N=c2s/c(=C\c3cc(Br)cc(OC)c3OCC)c(=O)n2[C@@H]1c1ccc(Cl)cc1. The molecule has 0 fully saturated rings. The summed E-state index contributed by atoms with van der Waals surface area (Å²) in [5.74, 6) is -0.474. The maximum absolute atomic E-state index is 14.3. The van der Waals surface area contributed by atoms with Gasteiger partial charge in [-0.3, -0.25) is 9.36 Å². The molecular weight excluding hydrogens is 625 g/mol. The van der Waals surface area contributed by atoms with Gasteiger partial charge in [0.15, 0.2) is 22.0 Å². The van der Waals surface area contributed by atoms with Crippen molar-refractivity contribution in [1.29, 1.82) is 0 Å². The van der Waals surface area contributed by atoms with Gasteiger partial charge in [-0.15, -0.1) is 0 Å². The van der Waals surface area contributed by atoms with Crippen LogP contribution in [-0.4, -0.2) is 37.0 Å². The Labute approximate surface area is 237 Å². The van der Waals surface area contributed by atoms with Crippen LogP contribution in [0.3, 0.4) is 0 Å². The van der Waals surface area contributed by atoms with Gasteiger partial charge >= 0.3 is 12.1 Å². The van der Waals surface area contributed by atoms with Gasteiger partial charge in [0.1, 0.15) is 0 Å².